The Bertz CT molecular complexity index is 906. The van der Waals surface area contributed by atoms with Gasteiger partial charge in [0.2, 0.25) is 0 Å². The van der Waals surface area contributed by atoms with Gasteiger partial charge in [-0.15, -0.1) is 10.2 Å². The Morgan fingerprint density at radius 1 is 1.20 bits per heavy atom. The summed E-state index contributed by atoms with van der Waals surface area (Å²) in [5.41, 5.74) is 1.83. The summed E-state index contributed by atoms with van der Waals surface area (Å²) in [6, 6.07) is 9.10. The number of hydrogen-bond donors (Lipinski definition) is 1. The zero-order valence-electron chi connectivity index (χ0n) is 14.3. The average molecular weight is 341 g/mol. The number of rotatable bonds is 6. The maximum Gasteiger partial charge on any atom is 0.258 e. The van der Waals surface area contributed by atoms with E-state index in [2.05, 4.69) is 20.5 Å². The first kappa shape index (κ1) is 16.7. The second kappa shape index (κ2) is 7.16. The molecule has 2 heterocycles. The number of carbonyl (C=O) groups is 1. The summed E-state index contributed by atoms with van der Waals surface area (Å²) in [5, 5.41) is 10.9. The Labute approximate surface area is 144 Å². The van der Waals surface area contributed by atoms with Gasteiger partial charge in [0.15, 0.2) is 23.9 Å². The molecule has 8 heteroatoms. The van der Waals surface area contributed by atoms with E-state index in [1.54, 1.807) is 19.2 Å². The molecule has 0 fully saturated rings. The smallest absolute Gasteiger partial charge is 0.258 e. The standard InChI is InChI=1S/C17H19N5O3/c1-11-8-12(2)22-15(20-21-17(22)19-11)9-18-16(23)10-25-14-7-5-4-6-13(14)24-3/h4-8H,9-10H2,1-3H3,(H,18,23). The predicted octanol–water partition coefficient (Wildman–Crippen LogP) is 1.44. The first-order valence-electron chi connectivity index (χ1n) is 7.79. The van der Waals surface area contributed by atoms with Gasteiger partial charge in [-0.2, -0.15) is 0 Å². The van der Waals surface area contributed by atoms with Gasteiger partial charge >= 0.3 is 0 Å². The fraction of sp³-hybridized carbons (Fsp3) is 0.294. The first-order chi connectivity index (χ1) is 12.1. The van der Waals surface area contributed by atoms with Crippen LogP contribution in [0.15, 0.2) is 30.3 Å². The fourth-order valence-corrected chi connectivity index (χ4v) is 2.52. The number of benzene rings is 1. The van der Waals surface area contributed by atoms with Gasteiger partial charge in [-0.1, -0.05) is 12.1 Å². The molecule has 0 unspecified atom stereocenters. The molecule has 3 rings (SSSR count). The summed E-state index contributed by atoms with van der Waals surface area (Å²) in [6.45, 7) is 3.97. The molecule has 0 atom stereocenters. The highest BCUT2D eigenvalue weighted by Gasteiger charge is 2.12. The second-order valence-electron chi connectivity index (χ2n) is 5.51. The number of hydrogen-bond acceptors (Lipinski definition) is 6. The average Bonchev–Trinajstić information content (AvgIpc) is 3.01. The van der Waals surface area contributed by atoms with Crippen LogP contribution < -0.4 is 14.8 Å². The van der Waals surface area contributed by atoms with E-state index >= 15 is 0 Å². The molecule has 1 amide bonds. The highest BCUT2D eigenvalue weighted by molar-refractivity contribution is 5.77. The van der Waals surface area contributed by atoms with Crippen LogP contribution in [0.3, 0.4) is 0 Å². The lowest BCUT2D eigenvalue weighted by Gasteiger charge is -2.10. The van der Waals surface area contributed by atoms with E-state index in [1.807, 2.05) is 36.4 Å². The van der Waals surface area contributed by atoms with Crippen molar-refractivity contribution < 1.29 is 14.3 Å². The quantitative estimate of drug-likeness (QED) is 0.730. The number of aromatic nitrogens is 4. The molecule has 0 aliphatic carbocycles. The van der Waals surface area contributed by atoms with Gasteiger partial charge in [0, 0.05) is 11.4 Å². The molecular weight excluding hydrogens is 322 g/mol. The summed E-state index contributed by atoms with van der Waals surface area (Å²) >= 11 is 0. The van der Waals surface area contributed by atoms with Gasteiger partial charge in [-0.05, 0) is 32.0 Å². The summed E-state index contributed by atoms with van der Waals surface area (Å²) in [4.78, 5) is 16.4. The molecule has 1 aromatic carbocycles. The minimum Gasteiger partial charge on any atom is -0.493 e. The summed E-state index contributed by atoms with van der Waals surface area (Å²) < 4.78 is 12.5. The van der Waals surface area contributed by atoms with Crippen molar-refractivity contribution in [3.63, 3.8) is 0 Å². The van der Waals surface area contributed by atoms with Crippen molar-refractivity contribution in [1.82, 2.24) is 24.9 Å². The van der Waals surface area contributed by atoms with Crippen LogP contribution in [0.1, 0.15) is 17.2 Å². The minimum absolute atomic E-state index is 0.118. The number of methoxy groups -OCH3 is 1. The molecule has 3 aromatic rings. The Kier molecular flexibility index (Phi) is 4.78. The van der Waals surface area contributed by atoms with E-state index in [-0.39, 0.29) is 19.1 Å². The molecule has 0 radical (unpaired) electrons. The first-order valence-corrected chi connectivity index (χ1v) is 7.79. The molecule has 25 heavy (non-hydrogen) atoms. The topological polar surface area (TPSA) is 90.6 Å². The highest BCUT2D eigenvalue weighted by Crippen LogP contribution is 2.25. The number of nitrogens with zero attached hydrogens (tertiary/aromatic N) is 4. The van der Waals surface area contributed by atoms with Crippen molar-refractivity contribution in [3.05, 3.63) is 47.5 Å². The van der Waals surface area contributed by atoms with Crippen LogP contribution in [0.5, 0.6) is 11.5 Å². The predicted molar refractivity (Wildman–Crippen MR) is 90.6 cm³/mol. The minimum atomic E-state index is -0.264. The molecule has 0 bridgehead atoms. The van der Waals surface area contributed by atoms with E-state index in [0.29, 0.717) is 23.1 Å². The van der Waals surface area contributed by atoms with Gasteiger partial charge in [-0.3, -0.25) is 9.20 Å². The molecule has 8 nitrogen and oxygen atoms in total. The van der Waals surface area contributed by atoms with E-state index in [9.17, 15) is 4.79 Å². The maximum absolute atomic E-state index is 12.0. The van der Waals surface area contributed by atoms with Gasteiger partial charge in [0.05, 0.1) is 13.7 Å². The monoisotopic (exact) mass is 341 g/mol. The Hall–Kier alpha value is -3.16. The molecule has 0 aliphatic rings. The lowest BCUT2D eigenvalue weighted by atomic mass is 10.3. The van der Waals surface area contributed by atoms with Gasteiger partial charge in [0.25, 0.3) is 11.7 Å². The number of carbonyl (C=O) groups excluding carboxylic acids is 1. The number of nitrogens with one attached hydrogen (secondary N) is 1. The largest absolute Gasteiger partial charge is 0.493 e. The third-order valence-corrected chi connectivity index (χ3v) is 3.63. The van der Waals surface area contributed by atoms with Crippen molar-refractivity contribution in [2.45, 2.75) is 20.4 Å². The van der Waals surface area contributed by atoms with Crippen molar-refractivity contribution >= 4 is 11.7 Å². The van der Waals surface area contributed by atoms with Crippen LogP contribution in [0.4, 0.5) is 0 Å². The highest BCUT2D eigenvalue weighted by atomic mass is 16.5. The number of para-hydroxylation sites is 2. The van der Waals surface area contributed by atoms with Crippen molar-refractivity contribution in [2.24, 2.45) is 0 Å². The molecule has 0 saturated heterocycles. The van der Waals surface area contributed by atoms with Crippen LogP contribution in [0.25, 0.3) is 5.78 Å². The Morgan fingerprint density at radius 3 is 2.72 bits per heavy atom. The molecule has 0 spiro atoms. The molecule has 1 N–H and O–H groups in total. The number of ether oxygens (including phenoxy) is 2. The summed E-state index contributed by atoms with van der Waals surface area (Å²) in [6.07, 6.45) is 0. The second-order valence-corrected chi connectivity index (χ2v) is 5.51. The SMILES string of the molecule is COc1ccccc1OCC(=O)NCc1nnc2nc(C)cc(C)n12. The lowest BCUT2D eigenvalue weighted by Crippen LogP contribution is -2.29. The van der Waals surface area contributed by atoms with Gasteiger partial charge in [-0.25, -0.2) is 4.98 Å². The van der Waals surface area contributed by atoms with Crippen LogP contribution in [0.2, 0.25) is 0 Å². The van der Waals surface area contributed by atoms with Crippen molar-refractivity contribution in [2.75, 3.05) is 13.7 Å². The molecule has 2 aromatic heterocycles. The Balaban J connectivity index is 1.61. The van der Waals surface area contributed by atoms with Gasteiger partial charge in [0.1, 0.15) is 0 Å². The van der Waals surface area contributed by atoms with Crippen molar-refractivity contribution in [3.8, 4) is 11.5 Å². The molecule has 130 valence electrons. The van der Waals surface area contributed by atoms with Crippen LogP contribution >= 0.6 is 0 Å². The fourth-order valence-electron chi connectivity index (χ4n) is 2.52. The number of amides is 1. The van der Waals surface area contributed by atoms with E-state index in [1.165, 1.54) is 0 Å². The lowest BCUT2D eigenvalue weighted by molar-refractivity contribution is -0.123. The van der Waals surface area contributed by atoms with E-state index in [4.69, 9.17) is 9.47 Å². The zero-order chi connectivity index (χ0) is 17.8. The van der Waals surface area contributed by atoms with E-state index in [0.717, 1.165) is 11.4 Å². The van der Waals surface area contributed by atoms with Gasteiger partial charge < -0.3 is 14.8 Å². The van der Waals surface area contributed by atoms with Crippen LogP contribution in [-0.2, 0) is 11.3 Å². The normalized spacial score (nSPS) is 10.7. The third kappa shape index (κ3) is 3.68. The van der Waals surface area contributed by atoms with Crippen LogP contribution in [-0.4, -0.2) is 39.2 Å². The van der Waals surface area contributed by atoms with Crippen molar-refractivity contribution in [1.29, 1.82) is 0 Å². The summed E-state index contributed by atoms with van der Waals surface area (Å²) in [5.74, 6) is 1.97. The van der Waals surface area contributed by atoms with Crippen LogP contribution in [0, 0.1) is 13.8 Å². The molecule has 0 aliphatic heterocycles. The maximum atomic E-state index is 12.0. The number of fused-ring (bicyclic) bond motifs is 1. The number of aryl methyl sites for hydroxylation is 2. The Morgan fingerprint density at radius 2 is 1.96 bits per heavy atom. The molecule has 0 saturated carbocycles. The third-order valence-electron chi connectivity index (χ3n) is 3.63. The zero-order valence-corrected chi connectivity index (χ0v) is 14.3. The molecular formula is C17H19N5O3. The van der Waals surface area contributed by atoms with E-state index < -0.39 is 0 Å². The summed E-state index contributed by atoms with van der Waals surface area (Å²) in [7, 11) is 1.55.